The van der Waals surface area contributed by atoms with Gasteiger partial charge in [-0.2, -0.15) is 0 Å². The highest BCUT2D eigenvalue weighted by Gasteiger charge is 2.25. The predicted octanol–water partition coefficient (Wildman–Crippen LogP) is 2.82. The topological polar surface area (TPSA) is 107 Å². The summed E-state index contributed by atoms with van der Waals surface area (Å²) in [5, 5.41) is 2.69. The molecular weight excluding hydrogens is 382 g/mol. The van der Waals surface area contributed by atoms with Gasteiger partial charge in [0.1, 0.15) is 12.3 Å². The number of ether oxygens (including phenoxy) is 1. The van der Waals surface area contributed by atoms with E-state index in [4.69, 9.17) is 14.9 Å². The largest absolute Gasteiger partial charge is 0.464 e. The molecule has 2 unspecified atom stereocenters. The SMILES string of the molecule is CCOC(=O)C(Cc1ccccc1)NC(=O)c1coc(C(N)Cc2ccccc2)n1. The van der Waals surface area contributed by atoms with Crippen molar-refractivity contribution in [2.45, 2.75) is 31.8 Å². The number of carbonyl (C=O) groups excluding carboxylic acids is 2. The molecule has 30 heavy (non-hydrogen) atoms. The minimum atomic E-state index is -0.835. The Hall–Kier alpha value is -3.45. The molecule has 0 aliphatic carbocycles. The van der Waals surface area contributed by atoms with Crippen LogP contribution in [0.5, 0.6) is 0 Å². The first-order valence-corrected chi connectivity index (χ1v) is 9.83. The number of rotatable bonds is 9. The van der Waals surface area contributed by atoms with Crippen LogP contribution in [0.15, 0.2) is 71.3 Å². The fourth-order valence-corrected chi connectivity index (χ4v) is 3.04. The zero-order valence-electron chi connectivity index (χ0n) is 16.8. The maximum Gasteiger partial charge on any atom is 0.328 e. The Labute approximate surface area is 175 Å². The molecule has 0 aliphatic rings. The number of aromatic nitrogens is 1. The molecule has 1 amide bonds. The number of oxazole rings is 1. The van der Waals surface area contributed by atoms with Crippen molar-refractivity contribution in [1.82, 2.24) is 10.3 Å². The second-order valence-corrected chi connectivity index (χ2v) is 6.84. The van der Waals surface area contributed by atoms with Crippen LogP contribution in [0.2, 0.25) is 0 Å². The summed E-state index contributed by atoms with van der Waals surface area (Å²) in [5.41, 5.74) is 8.18. The number of hydrogen-bond acceptors (Lipinski definition) is 6. The van der Waals surface area contributed by atoms with Crippen LogP contribution in [0, 0.1) is 0 Å². The number of hydrogen-bond donors (Lipinski definition) is 2. The summed E-state index contributed by atoms with van der Waals surface area (Å²) in [6.45, 7) is 1.94. The first-order chi connectivity index (χ1) is 14.6. The quantitative estimate of drug-likeness (QED) is 0.528. The third-order valence-electron chi connectivity index (χ3n) is 4.53. The summed E-state index contributed by atoms with van der Waals surface area (Å²) in [7, 11) is 0. The van der Waals surface area contributed by atoms with Gasteiger partial charge in [-0.1, -0.05) is 60.7 Å². The smallest absolute Gasteiger partial charge is 0.328 e. The molecule has 3 aromatic rings. The summed E-state index contributed by atoms with van der Waals surface area (Å²) in [4.78, 5) is 29.2. The van der Waals surface area contributed by atoms with Crippen LogP contribution < -0.4 is 11.1 Å². The average Bonchev–Trinajstić information content (AvgIpc) is 3.25. The first-order valence-electron chi connectivity index (χ1n) is 9.83. The molecule has 7 nitrogen and oxygen atoms in total. The van der Waals surface area contributed by atoms with Crippen LogP contribution in [-0.2, 0) is 22.4 Å². The van der Waals surface area contributed by atoms with Crippen molar-refractivity contribution >= 4 is 11.9 Å². The fourth-order valence-electron chi connectivity index (χ4n) is 3.04. The fraction of sp³-hybridized carbons (Fsp3) is 0.261. The molecule has 0 spiro atoms. The molecular formula is C23H25N3O4. The molecule has 0 bridgehead atoms. The Balaban J connectivity index is 1.67. The standard InChI is InChI=1S/C23H25N3O4/c1-2-29-23(28)19(14-17-11-7-4-8-12-17)25-21(27)20-15-30-22(26-20)18(24)13-16-9-5-3-6-10-16/h3-12,15,18-19H,2,13-14,24H2,1H3,(H,25,27). The minimum absolute atomic E-state index is 0.0656. The van der Waals surface area contributed by atoms with E-state index >= 15 is 0 Å². The summed E-state index contributed by atoms with van der Waals surface area (Å²) >= 11 is 0. The number of benzene rings is 2. The molecule has 1 aromatic heterocycles. The molecule has 3 rings (SSSR count). The van der Waals surface area contributed by atoms with Crippen molar-refractivity contribution in [1.29, 1.82) is 0 Å². The van der Waals surface area contributed by atoms with E-state index in [1.54, 1.807) is 6.92 Å². The average molecular weight is 407 g/mol. The lowest BCUT2D eigenvalue weighted by Gasteiger charge is -2.16. The molecule has 0 radical (unpaired) electrons. The highest BCUT2D eigenvalue weighted by atomic mass is 16.5. The van der Waals surface area contributed by atoms with E-state index in [2.05, 4.69) is 10.3 Å². The minimum Gasteiger partial charge on any atom is -0.464 e. The Morgan fingerprint density at radius 2 is 1.63 bits per heavy atom. The van der Waals surface area contributed by atoms with Gasteiger partial charge in [-0.3, -0.25) is 4.79 Å². The van der Waals surface area contributed by atoms with Gasteiger partial charge in [0.05, 0.1) is 12.6 Å². The van der Waals surface area contributed by atoms with Gasteiger partial charge < -0.3 is 20.2 Å². The van der Waals surface area contributed by atoms with Gasteiger partial charge in [-0.15, -0.1) is 0 Å². The van der Waals surface area contributed by atoms with E-state index in [9.17, 15) is 9.59 Å². The zero-order valence-corrected chi connectivity index (χ0v) is 16.8. The normalized spacial score (nSPS) is 12.7. The second-order valence-electron chi connectivity index (χ2n) is 6.84. The Morgan fingerprint density at radius 1 is 1.03 bits per heavy atom. The summed E-state index contributed by atoms with van der Waals surface area (Å²) < 4.78 is 10.5. The van der Waals surface area contributed by atoms with Crippen molar-refractivity contribution in [3.63, 3.8) is 0 Å². The summed E-state index contributed by atoms with van der Waals surface area (Å²) in [6, 6.07) is 17.8. The van der Waals surface area contributed by atoms with Gasteiger partial charge in [-0.05, 0) is 24.5 Å². The van der Waals surface area contributed by atoms with Crippen LogP contribution in [0.3, 0.4) is 0 Å². The van der Waals surface area contributed by atoms with Crippen molar-refractivity contribution in [3.05, 3.63) is 89.6 Å². The van der Waals surface area contributed by atoms with Crippen LogP contribution in [0.25, 0.3) is 0 Å². The van der Waals surface area contributed by atoms with Gasteiger partial charge in [0.15, 0.2) is 5.69 Å². The molecule has 156 valence electrons. The monoisotopic (exact) mass is 407 g/mol. The lowest BCUT2D eigenvalue weighted by Crippen LogP contribution is -2.43. The molecule has 0 aliphatic heterocycles. The third-order valence-corrected chi connectivity index (χ3v) is 4.53. The van der Waals surface area contributed by atoms with Crippen LogP contribution in [-0.4, -0.2) is 29.5 Å². The summed E-state index contributed by atoms with van der Waals surface area (Å²) in [6.07, 6.45) is 2.09. The number of nitrogens with two attached hydrogens (primary N) is 1. The van der Waals surface area contributed by atoms with Gasteiger partial charge in [0.25, 0.3) is 5.91 Å². The lowest BCUT2D eigenvalue weighted by molar-refractivity contribution is -0.145. The van der Waals surface area contributed by atoms with Crippen LogP contribution in [0.1, 0.15) is 40.5 Å². The van der Waals surface area contributed by atoms with Crippen LogP contribution in [0.4, 0.5) is 0 Å². The molecule has 3 N–H and O–H groups in total. The molecule has 2 atom stereocenters. The first kappa shape index (κ1) is 21.3. The van der Waals surface area contributed by atoms with E-state index in [1.165, 1.54) is 6.26 Å². The van der Waals surface area contributed by atoms with Crippen molar-refractivity contribution < 1.29 is 18.7 Å². The number of amides is 1. The maximum absolute atomic E-state index is 12.7. The molecule has 0 saturated heterocycles. The Bertz CT molecular complexity index is 957. The van der Waals surface area contributed by atoms with E-state index in [0.29, 0.717) is 12.8 Å². The Kier molecular flexibility index (Phi) is 7.34. The van der Waals surface area contributed by atoms with E-state index in [0.717, 1.165) is 11.1 Å². The van der Waals surface area contributed by atoms with Gasteiger partial charge in [0, 0.05) is 6.42 Å². The molecule has 0 saturated carbocycles. The molecule has 7 heteroatoms. The number of esters is 1. The van der Waals surface area contributed by atoms with Crippen molar-refractivity contribution in [2.75, 3.05) is 6.61 Å². The lowest BCUT2D eigenvalue weighted by atomic mass is 10.1. The Morgan fingerprint density at radius 3 is 2.23 bits per heavy atom. The predicted molar refractivity (Wildman–Crippen MR) is 112 cm³/mol. The van der Waals surface area contributed by atoms with Crippen molar-refractivity contribution in [2.24, 2.45) is 5.73 Å². The third kappa shape index (κ3) is 5.78. The van der Waals surface area contributed by atoms with Crippen molar-refractivity contribution in [3.8, 4) is 0 Å². The summed E-state index contributed by atoms with van der Waals surface area (Å²) in [5.74, 6) is -0.759. The molecule has 1 heterocycles. The highest BCUT2D eigenvalue weighted by molar-refractivity contribution is 5.95. The number of nitrogens with one attached hydrogen (secondary N) is 1. The van der Waals surface area contributed by atoms with Gasteiger partial charge in [0.2, 0.25) is 5.89 Å². The van der Waals surface area contributed by atoms with Gasteiger partial charge in [-0.25, -0.2) is 9.78 Å². The molecule has 0 fully saturated rings. The molecule has 2 aromatic carbocycles. The highest BCUT2D eigenvalue weighted by Crippen LogP contribution is 2.16. The zero-order chi connectivity index (χ0) is 21.3. The van der Waals surface area contributed by atoms with E-state index in [1.807, 2.05) is 60.7 Å². The maximum atomic E-state index is 12.7. The van der Waals surface area contributed by atoms with E-state index < -0.39 is 24.0 Å². The number of nitrogens with zero attached hydrogens (tertiary/aromatic N) is 1. The van der Waals surface area contributed by atoms with Crippen LogP contribution >= 0.6 is 0 Å². The number of carbonyl (C=O) groups is 2. The van der Waals surface area contributed by atoms with Gasteiger partial charge >= 0.3 is 5.97 Å². The van der Waals surface area contributed by atoms with E-state index in [-0.39, 0.29) is 18.2 Å². The second kappa shape index (κ2) is 10.4.